The van der Waals surface area contributed by atoms with Gasteiger partial charge in [0.05, 0.1) is 12.3 Å². The van der Waals surface area contributed by atoms with Crippen molar-refractivity contribution in [2.24, 2.45) is 15.7 Å². The zero-order valence-electron chi connectivity index (χ0n) is 13.3. The van der Waals surface area contributed by atoms with E-state index in [1.807, 2.05) is 20.8 Å². The van der Waals surface area contributed by atoms with Crippen LogP contribution in [0.15, 0.2) is 10.3 Å². The lowest BCUT2D eigenvalue weighted by atomic mass is 9.84. The number of carbonyl (C=O) groups is 2. The summed E-state index contributed by atoms with van der Waals surface area (Å²) >= 11 is 0. The lowest BCUT2D eigenvalue weighted by molar-refractivity contribution is -0.167. The average Bonchev–Trinajstić information content (AvgIpc) is 2.83. The highest BCUT2D eigenvalue weighted by atomic mass is 16.7. The molecule has 0 aromatic heterocycles. The highest BCUT2D eigenvalue weighted by Crippen LogP contribution is 2.32. The van der Waals surface area contributed by atoms with Gasteiger partial charge in [-0.25, -0.2) is 9.59 Å². The van der Waals surface area contributed by atoms with Crippen LogP contribution in [0.5, 0.6) is 0 Å². The number of nitrogens with zero attached hydrogens (tertiary/aromatic N) is 3. The molecule has 1 aliphatic heterocycles. The van der Waals surface area contributed by atoms with Crippen molar-refractivity contribution < 1.29 is 24.0 Å². The first-order chi connectivity index (χ1) is 10.1. The second kappa shape index (κ2) is 6.56. The molecular formula is C14H19N3O5. The van der Waals surface area contributed by atoms with Gasteiger partial charge in [0.25, 0.3) is 5.71 Å². The summed E-state index contributed by atoms with van der Waals surface area (Å²) in [7, 11) is 0. The van der Waals surface area contributed by atoms with Gasteiger partial charge in [-0.1, -0.05) is 31.1 Å². The van der Waals surface area contributed by atoms with Crippen LogP contribution in [0.3, 0.4) is 0 Å². The normalized spacial score (nSPS) is 21.5. The van der Waals surface area contributed by atoms with Crippen molar-refractivity contribution in [2.45, 2.75) is 46.6 Å². The van der Waals surface area contributed by atoms with Gasteiger partial charge in [-0.15, -0.1) is 0 Å². The Kier molecular flexibility index (Phi) is 5.25. The lowest BCUT2D eigenvalue weighted by Gasteiger charge is -2.20. The van der Waals surface area contributed by atoms with Gasteiger partial charge in [0.1, 0.15) is 6.07 Å². The number of esters is 1. The minimum absolute atomic E-state index is 0.0804. The topological polar surface area (TPSA) is 110 Å². The average molecular weight is 309 g/mol. The predicted molar refractivity (Wildman–Crippen MR) is 76.8 cm³/mol. The molecule has 1 aliphatic rings. The zero-order valence-corrected chi connectivity index (χ0v) is 13.3. The largest absolute Gasteiger partial charge is 0.461 e. The predicted octanol–water partition coefficient (Wildman–Crippen LogP) is 1.55. The van der Waals surface area contributed by atoms with Crippen molar-refractivity contribution in [3.8, 4) is 6.07 Å². The minimum Gasteiger partial charge on any atom is -0.461 e. The molecule has 8 heteroatoms. The number of hydrogen-bond donors (Lipinski definition) is 0. The van der Waals surface area contributed by atoms with Crippen LogP contribution in [-0.2, 0) is 24.0 Å². The maximum atomic E-state index is 12.1. The fourth-order valence-corrected chi connectivity index (χ4v) is 1.54. The fourth-order valence-electron chi connectivity index (χ4n) is 1.54. The smallest absolute Gasteiger partial charge is 0.381 e. The third-order valence-electron chi connectivity index (χ3n) is 2.95. The minimum atomic E-state index is -1.33. The molecule has 0 saturated carbocycles. The van der Waals surface area contributed by atoms with Gasteiger partial charge in [-0.3, -0.25) is 0 Å². The summed E-state index contributed by atoms with van der Waals surface area (Å²) in [6.45, 7) is 9.00. The lowest BCUT2D eigenvalue weighted by Crippen LogP contribution is -2.38. The first kappa shape index (κ1) is 17.6. The van der Waals surface area contributed by atoms with Gasteiger partial charge in [-0.05, 0) is 13.8 Å². The summed E-state index contributed by atoms with van der Waals surface area (Å²) in [6, 6.07) is 1.51. The molecule has 0 aliphatic carbocycles. The van der Waals surface area contributed by atoms with Gasteiger partial charge in [0, 0.05) is 11.8 Å². The van der Waals surface area contributed by atoms with Gasteiger partial charge < -0.3 is 14.4 Å². The Hall–Kier alpha value is -2.43. The molecule has 120 valence electrons. The van der Waals surface area contributed by atoms with E-state index in [4.69, 9.17) is 10.1 Å². The highest BCUT2D eigenvalue weighted by Gasteiger charge is 2.46. The third kappa shape index (κ3) is 4.04. The molecule has 1 unspecified atom stereocenters. The molecule has 0 aromatic carbocycles. The Bertz CT molecular complexity index is 568. The molecule has 0 spiro atoms. The summed E-state index contributed by atoms with van der Waals surface area (Å²) in [6.07, 6.45) is 0.242. The molecule has 0 aromatic rings. The van der Waals surface area contributed by atoms with Crippen LogP contribution in [0.1, 0.15) is 41.0 Å². The number of oxime groups is 2. The fraction of sp³-hybridized carbons (Fsp3) is 0.643. The van der Waals surface area contributed by atoms with Gasteiger partial charge >= 0.3 is 11.9 Å². The van der Waals surface area contributed by atoms with Crippen LogP contribution in [0.2, 0.25) is 0 Å². The molecule has 1 rings (SSSR count). The van der Waals surface area contributed by atoms with Crippen molar-refractivity contribution in [1.82, 2.24) is 0 Å². The van der Waals surface area contributed by atoms with Gasteiger partial charge in [0.2, 0.25) is 5.60 Å². The van der Waals surface area contributed by atoms with Crippen molar-refractivity contribution >= 4 is 23.4 Å². The molecule has 22 heavy (non-hydrogen) atoms. The molecule has 0 bridgehead atoms. The van der Waals surface area contributed by atoms with Crippen molar-refractivity contribution in [2.75, 3.05) is 6.61 Å². The van der Waals surface area contributed by atoms with E-state index in [1.165, 1.54) is 13.0 Å². The molecule has 0 fully saturated rings. The summed E-state index contributed by atoms with van der Waals surface area (Å²) in [5.41, 5.74) is -1.51. The molecule has 1 atom stereocenters. The number of ether oxygens (including phenoxy) is 1. The number of hydrogen-bond acceptors (Lipinski definition) is 8. The van der Waals surface area contributed by atoms with E-state index < -0.39 is 23.3 Å². The quantitative estimate of drug-likeness (QED) is 0.337. The van der Waals surface area contributed by atoms with Crippen LogP contribution in [0.4, 0.5) is 0 Å². The third-order valence-corrected chi connectivity index (χ3v) is 2.95. The highest BCUT2D eigenvalue weighted by molar-refractivity contribution is 6.42. The van der Waals surface area contributed by atoms with Crippen LogP contribution >= 0.6 is 0 Å². The summed E-state index contributed by atoms with van der Waals surface area (Å²) in [5, 5.41) is 15.9. The standard InChI is InChI=1S/C14H19N3O5/c1-6-20-11(18)9(8-15)16-21-12(19)14(5)7-10(17-22-14)13(2,3)4/h6-7H2,1-5H3/b16-9+. The first-order valence-corrected chi connectivity index (χ1v) is 6.76. The molecule has 0 saturated heterocycles. The van der Waals surface area contributed by atoms with Crippen molar-refractivity contribution in [3.63, 3.8) is 0 Å². The summed E-state index contributed by atoms with van der Waals surface area (Å²) < 4.78 is 4.60. The van der Waals surface area contributed by atoms with Gasteiger partial charge in [0.15, 0.2) is 0 Å². The molecular weight excluding hydrogens is 290 g/mol. The van der Waals surface area contributed by atoms with E-state index in [0.29, 0.717) is 5.71 Å². The van der Waals surface area contributed by atoms with E-state index in [9.17, 15) is 9.59 Å². The molecule has 1 heterocycles. The van der Waals surface area contributed by atoms with Crippen molar-refractivity contribution in [1.29, 1.82) is 5.26 Å². The summed E-state index contributed by atoms with van der Waals surface area (Å²) in [5.74, 6) is -1.80. The number of nitriles is 1. The zero-order chi connectivity index (χ0) is 17.0. The number of carbonyl (C=O) groups excluding carboxylic acids is 2. The maximum Gasteiger partial charge on any atom is 0.381 e. The molecule has 8 nitrogen and oxygen atoms in total. The SMILES string of the molecule is CCOC(=O)/C(C#N)=N/OC(=O)C1(C)CC(C(C)(C)C)=NO1. The van der Waals surface area contributed by atoms with Crippen molar-refractivity contribution in [3.05, 3.63) is 0 Å². The Morgan fingerprint density at radius 3 is 2.59 bits per heavy atom. The Labute approximate surface area is 128 Å². The van der Waals surface area contributed by atoms with E-state index in [-0.39, 0.29) is 18.4 Å². The van der Waals surface area contributed by atoms with Gasteiger partial charge in [-0.2, -0.15) is 5.26 Å². The molecule has 0 N–H and O–H groups in total. The van der Waals surface area contributed by atoms with E-state index >= 15 is 0 Å². The van der Waals surface area contributed by atoms with Crippen LogP contribution < -0.4 is 0 Å². The van der Waals surface area contributed by atoms with Crippen LogP contribution in [0.25, 0.3) is 0 Å². The second-order valence-corrected chi connectivity index (χ2v) is 5.94. The molecule has 0 radical (unpaired) electrons. The summed E-state index contributed by atoms with van der Waals surface area (Å²) in [4.78, 5) is 33.2. The Morgan fingerprint density at radius 1 is 1.50 bits per heavy atom. The Morgan fingerprint density at radius 2 is 2.14 bits per heavy atom. The Balaban J connectivity index is 2.75. The van der Waals surface area contributed by atoms with E-state index in [1.54, 1.807) is 6.92 Å². The first-order valence-electron chi connectivity index (χ1n) is 6.76. The van der Waals surface area contributed by atoms with E-state index in [2.05, 4.69) is 19.9 Å². The number of rotatable bonds is 4. The van der Waals surface area contributed by atoms with Crippen LogP contribution in [-0.4, -0.2) is 35.6 Å². The van der Waals surface area contributed by atoms with Crippen LogP contribution in [0, 0.1) is 16.7 Å². The molecule has 0 amide bonds. The second-order valence-electron chi connectivity index (χ2n) is 5.94. The maximum absolute atomic E-state index is 12.1. The monoisotopic (exact) mass is 309 g/mol. The van der Waals surface area contributed by atoms with E-state index in [0.717, 1.165) is 0 Å².